The molecule has 0 N–H and O–H groups in total. The molecule has 0 radical (unpaired) electrons. The van der Waals surface area contributed by atoms with Gasteiger partial charge in [0.05, 0.1) is 10.6 Å². The maximum Gasteiger partial charge on any atom is 0.268 e. The largest absolute Gasteiger partial charge is 0.307 e. The predicted octanol–water partition coefficient (Wildman–Crippen LogP) is 3.93. The van der Waals surface area contributed by atoms with Crippen molar-refractivity contribution in [2.45, 2.75) is 26.2 Å². The Morgan fingerprint density at radius 1 is 1.29 bits per heavy atom. The van der Waals surface area contributed by atoms with Gasteiger partial charge in [0.15, 0.2) is 5.78 Å². The number of aryl methyl sites for hydroxylation is 1. The van der Waals surface area contributed by atoms with E-state index < -0.39 is 0 Å². The minimum atomic E-state index is 0.0176. The van der Waals surface area contributed by atoms with Gasteiger partial charge in [-0.15, -0.1) is 11.3 Å². The zero-order valence-electron chi connectivity index (χ0n) is 12.0. The number of thiophene rings is 1. The van der Waals surface area contributed by atoms with Crippen molar-refractivity contribution >= 4 is 28.7 Å². The van der Waals surface area contributed by atoms with Crippen molar-refractivity contribution in [3.63, 3.8) is 0 Å². The molecule has 1 aromatic carbocycles. The molecule has 0 atom stereocenters. The summed E-state index contributed by atoms with van der Waals surface area (Å²) < 4.78 is 0. The van der Waals surface area contributed by atoms with Gasteiger partial charge < -0.3 is 4.90 Å². The van der Waals surface area contributed by atoms with E-state index >= 15 is 0 Å². The Balaban J connectivity index is 2.04. The van der Waals surface area contributed by atoms with E-state index in [2.05, 4.69) is 6.92 Å². The first-order valence-corrected chi connectivity index (χ1v) is 8.10. The van der Waals surface area contributed by atoms with E-state index in [-0.39, 0.29) is 11.7 Å². The molecule has 1 aliphatic heterocycles. The van der Waals surface area contributed by atoms with E-state index in [1.54, 1.807) is 4.90 Å². The third kappa shape index (κ3) is 2.51. The third-order valence-corrected chi connectivity index (χ3v) is 4.79. The number of benzene rings is 1. The summed E-state index contributed by atoms with van der Waals surface area (Å²) in [5, 5.41) is 1.96. The second-order valence-electron chi connectivity index (χ2n) is 5.13. The quantitative estimate of drug-likeness (QED) is 0.842. The maximum absolute atomic E-state index is 12.9. The van der Waals surface area contributed by atoms with Gasteiger partial charge in [0, 0.05) is 18.5 Å². The lowest BCUT2D eigenvalue weighted by molar-refractivity contribution is 0.0975. The van der Waals surface area contributed by atoms with Gasteiger partial charge in [0.1, 0.15) is 0 Å². The van der Waals surface area contributed by atoms with Crippen molar-refractivity contribution in [2.75, 3.05) is 11.4 Å². The lowest BCUT2D eigenvalue weighted by Gasteiger charge is -2.22. The van der Waals surface area contributed by atoms with E-state index in [4.69, 9.17) is 0 Å². The normalized spacial score (nSPS) is 14.7. The molecule has 21 heavy (non-hydrogen) atoms. The molecule has 1 amide bonds. The number of amides is 1. The summed E-state index contributed by atoms with van der Waals surface area (Å²) in [7, 11) is 0. The van der Waals surface area contributed by atoms with Gasteiger partial charge in [0.2, 0.25) is 0 Å². The summed E-state index contributed by atoms with van der Waals surface area (Å²) in [5.41, 5.74) is 2.50. The first kappa shape index (κ1) is 14.0. The molecular formula is C17H17NO2S. The minimum Gasteiger partial charge on any atom is -0.307 e. The Hall–Kier alpha value is -1.94. The molecule has 3 rings (SSSR count). The van der Waals surface area contributed by atoms with Crippen LogP contribution in [0.5, 0.6) is 0 Å². The molecule has 108 valence electrons. The lowest BCUT2D eigenvalue weighted by atomic mass is 10.1. The monoisotopic (exact) mass is 299 g/mol. The van der Waals surface area contributed by atoms with E-state index in [0.29, 0.717) is 24.9 Å². The van der Waals surface area contributed by atoms with Crippen molar-refractivity contribution in [3.8, 4) is 0 Å². The van der Waals surface area contributed by atoms with Gasteiger partial charge >= 0.3 is 0 Å². The first-order chi connectivity index (χ1) is 10.2. The number of para-hydroxylation sites is 1. The van der Waals surface area contributed by atoms with Crippen molar-refractivity contribution in [1.82, 2.24) is 0 Å². The number of fused-ring (bicyclic) bond motifs is 1. The average molecular weight is 299 g/mol. The molecule has 0 unspecified atom stereocenters. The van der Waals surface area contributed by atoms with Gasteiger partial charge in [-0.1, -0.05) is 19.1 Å². The zero-order chi connectivity index (χ0) is 14.8. The SMILES string of the molecule is CCc1ccsc1C(=O)N1CCCC(=O)c2ccccc21. The summed E-state index contributed by atoms with van der Waals surface area (Å²) in [6, 6.07) is 9.43. The van der Waals surface area contributed by atoms with Crippen LogP contribution in [0.3, 0.4) is 0 Å². The van der Waals surface area contributed by atoms with Crippen molar-refractivity contribution in [3.05, 3.63) is 51.7 Å². The van der Waals surface area contributed by atoms with Gasteiger partial charge in [-0.05, 0) is 42.0 Å². The molecule has 0 saturated heterocycles. The Morgan fingerprint density at radius 3 is 2.90 bits per heavy atom. The molecule has 2 heterocycles. The predicted molar refractivity (Wildman–Crippen MR) is 85.4 cm³/mol. The van der Waals surface area contributed by atoms with Crippen LogP contribution in [-0.2, 0) is 6.42 Å². The summed E-state index contributed by atoms with van der Waals surface area (Å²) in [4.78, 5) is 27.6. The fraction of sp³-hybridized carbons (Fsp3) is 0.294. The van der Waals surface area contributed by atoms with Gasteiger partial charge in [-0.25, -0.2) is 0 Å². The Morgan fingerprint density at radius 2 is 2.10 bits per heavy atom. The van der Waals surface area contributed by atoms with Gasteiger partial charge in [0.25, 0.3) is 5.91 Å². The zero-order valence-corrected chi connectivity index (χ0v) is 12.8. The van der Waals surface area contributed by atoms with E-state index in [9.17, 15) is 9.59 Å². The van der Waals surface area contributed by atoms with Crippen LogP contribution in [0.2, 0.25) is 0 Å². The van der Waals surface area contributed by atoms with Crippen molar-refractivity contribution in [1.29, 1.82) is 0 Å². The first-order valence-electron chi connectivity index (χ1n) is 7.23. The van der Waals surface area contributed by atoms with E-state index in [1.807, 2.05) is 35.7 Å². The molecule has 2 aromatic rings. The second-order valence-corrected chi connectivity index (χ2v) is 6.05. The number of Topliss-reactive ketones (excluding diaryl/α,β-unsaturated/α-hetero) is 1. The van der Waals surface area contributed by atoms with Crippen LogP contribution in [0.25, 0.3) is 0 Å². The van der Waals surface area contributed by atoms with Gasteiger partial charge in [-0.3, -0.25) is 9.59 Å². The van der Waals surface area contributed by atoms with Crippen LogP contribution in [0.15, 0.2) is 35.7 Å². The summed E-state index contributed by atoms with van der Waals surface area (Å²) in [6.45, 7) is 2.65. The van der Waals surface area contributed by atoms with Crippen molar-refractivity contribution in [2.24, 2.45) is 0 Å². The fourth-order valence-corrected chi connectivity index (χ4v) is 3.68. The Bertz CT molecular complexity index is 690. The van der Waals surface area contributed by atoms with E-state index in [1.165, 1.54) is 11.3 Å². The summed E-state index contributed by atoms with van der Waals surface area (Å²) in [5.74, 6) is 0.145. The highest BCUT2D eigenvalue weighted by atomic mass is 32.1. The number of rotatable bonds is 2. The lowest BCUT2D eigenvalue weighted by Crippen LogP contribution is -2.31. The smallest absolute Gasteiger partial charge is 0.268 e. The highest BCUT2D eigenvalue weighted by molar-refractivity contribution is 7.12. The minimum absolute atomic E-state index is 0.0176. The average Bonchev–Trinajstić information content (AvgIpc) is 2.93. The van der Waals surface area contributed by atoms with Crippen LogP contribution >= 0.6 is 11.3 Å². The number of carbonyl (C=O) groups excluding carboxylic acids is 2. The summed E-state index contributed by atoms with van der Waals surface area (Å²) in [6.07, 6.45) is 2.07. The molecule has 0 bridgehead atoms. The number of anilines is 1. The topological polar surface area (TPSA) is 37.4 Å². The second kappa shape index (κ2) is 5.82. The standard InChI is InChI=1S/C17H17NO2S/c1-2-12-9-11-21-16(12)17(20)18-10-5-8-15(19)13-6-3-4-7-14(13)18/h3-4,6-7,9,11H,2,5,8,10H2,1H3. The van der Waals surface area contributed by atoms with Crippen LogP contribution in [0, 0.1) is 0 Å². The molecule has 0 aliphatic carbocycles. The van der Waals surface area contributed by atoms with Crippen LogP contribution in [0.1, 0.15) is 45.4 Å². The van der Waals surface area contributed by atoms with Crippen LogP contribution in [0.4, 0.5) is 5.69 Å². The number of hydrogen-bond donors (Lipinski definition) is 0. The molecule has 3 nitrogen and oxygen atoms in total. The number of ketones is 1. The third-order valence-electron chi connectivity index (χ3n) is 3.85. The Labute approximate surface area is 128 Å². The highest BCUT2D eigenvalue weighted by Crippen LogP contribution is 2.29. The summed E-state index contributed by atoms with van der Waals surface area (Å²) >= 11 is 1.48. The van der Waals surface area contributed by atoms with Gasteiger partial charge in [-0.2, -0.15) is 0 Å². The van der Waals surface area contributed by atoms with E-state index in [0.717, 1.165) is 22.5 Å². The highest BCUT2D eigenvalue weighted by Gasteiger charge is 2.27. The Kier molecular flexibility index (Phi) is 3.88. The molecule has 0 saturated carbocycles. The number of carbonyl (C=O) groups is 2. The number of hydrogen-bond acceptors (Lipinski definition) is 3. The maximum atomic E-state index is 12.9. The number of nitrogens with zero attached hydrogens (tertiary/aromatic N) is 1. The van der Waals surface area contributed by atoms with Crippen molar-refractivity contribution < 1.29 is 9.59 Å². The molecule has 4 heteroatoms. The fourth-order valence-electron chi connectivity index (χ4n) is 2.73. The molecule has 0 spiro atoms. The molecule has 1 aliphatic rings. The van der Waals surface area contributed by atoms with Crippen LogP contribution in [-0.4, -0.2) is 18.2 Å². The molecular weight excluding hydrogens is 282 g/mol. The molecule has 0 fully saturated rings. The molecule has 1 aromatic heterocycles. The van der Waals surface area contributed by atoms with Crippen LogP contribution < -0.4 is 4.90 Å².